The molecule has 1 aliphatic rings. The van der Waals surface area contributed by atoms with E-state index in [-0.39, 0.29) is 0 Å². The number of ether oxygens (including phenoxy) is 1. The zero-order chi connectivity index (χ0) is 14.4. The van der Waals surface area contributed by atoms with E-state index in [1.807, 2.05) is 0 Å². The summed E-state index contributed by atoms with van der Waals surface area (Å²) in [6.07, 6.45) is 6.50. The summed E-state index contributed by atoms with van der Waals surface area (Å²) in [5, 5.41) is 3.46. The normalized spacial score (nSPS) is 20.5. The standard InChI is InChI=1S/C18H29NO/c1-14(2)16-8-6-15(7-9-16)13-17(19-3)10-11-18-5-4-12-20-18/h6-9,14,17-19H,4-5,10-13H2,1-3H3. The predicted octanol–water partition coefficient (Wildman–Crippen LogP) is 3.90. The first-order valence-electron chi connectivity index (χ1n) is 8.06. The Balaban J connectivity index is 1.82. The number of nitrogens with one attached hydrogen (secondary N) is 1. The van der Waals surface area contributed by atoms with Gasteiger partial charge >= 0.3 is 0 Å². The molecule has 112 valence electrons. The lowest BCUT2D eigenvalue weighted by Crippen LogP contribution is -2.28. The van der Waals surface area contributed by atoms with E-state index >= 15 is 0 Å². The van der Waals surface area contributed by atoms with Crippen molar-refractivity contribution in [2.75, 3.05) is 13.7 Å². The number of hydrogen-bond acceptors (Lipinski definition) is 2. The van der Waals surface area contributed by atoms with Gasteiger partial charge in [0, 0.05) is 12.6 Å². The summed E-state index contributed by atoms with van der Waals surface area (Å²) in [7, 11) is 2.07. The molecule has 2 atom stereocenters. The highest BCUT2D eigenvalue weighted by atomic mass is 16.5. The van der Waals surface area contributed by atoms with E-state index in [0.717, 1.165) is 13.0 Å². The molecular weight excluding hydrogens is 246 g/mol. The number of rotatable bonds is 7. The minimum absolute atomic E-state index is 0.508. The van der Waals surface area contributed by atoms with Crippen LogP contribution in [0.15, 0.2) is 24.3 Å². The van der Waals surface area contributed by atoms with E-state index in [2.05, 4.69) is 50.5 Å². The van der Waals surface area contributed by atoms with Crippen molar-refractivity contribution >= 4 is 0 Å². The van der Waals surface area contributed by atoms with Gasteiger partial charge in [-0.1, -0.05) is 38.1 Å². The Labute approximate surface area is 123 Å². The van der Waals surface area contributed by atoms with Gasteiger partial charge in [-0.3, -0.25) is 0 Å². The maximum atomic E-state index is 5.71. The quantitative estimate of drug-likeness (QED) is 0.815. The Kier molecular flexibility index (Phi) is 6.06. The summed E-state index contributed by atoms with van der Waals surface area (Å²) in [6, 6.07) is 9.67. The van der Waals surface area contributed by atoms with Crippen molar-refractivity contribution in [2.45, 2.75) is 64.0 Å². The molecule has 1 fully saturated rings. The molecule has 0 saturated carbocycles. The number of likely N-dealkylation sites (N-methyl/N-ethyl adjacent to an activating group) is 1. The predicted molar refractivity (Wildman–Crippen MR) is 85.3 cm³/mol. The molecule has 0 bridgehead atoms. The number of hydrogen-bond donors (Lipinski definition) is 1. The maximum Gasteiger partial charge on any atom is 0.0576 e. The molecule has 1 saturated heterocycles. The van der Waals surface area contributed by atoms with Crippen molar-refractivity contribution in [1.82, 2.24) is 5.32 Å². The van der Waals surface area contributed by atoms with Crippen LogP contribution in [0.25, 0.3) is 0 Å². The molecule has 1 heterocycles. The Bertz CT molecular complexity index is 379. The number of benzene rings is 1. The van der Waals surface area contributed by atoms with Gasteiger partial charge in [0.2, 0.25) is 0 Å². The second kappa shape index (κ2) is 7.80. The first kappa shape index (κ1) is 15.5. The molecule has 2 nitrogen and oxygen atoms in total. The summed E-state index contributed by atoms with van der Waals surface area (Å²) in [5.41, 5.74) is 2.86. The van der Waals surface area contributed by atoms with Crippen LogP contribution in [0.3, 0.4) is 0 Å². The van der Waals surface area contributed by atoms with Crippen LogP contribution < -0.4 is 5.32 Å². The lowest BCUT2D eigenvalue weighted by Gasteiger charge is -2.18. The third-order valence-corrected chi connectivity index (χ3v) is 4.40. The van der Waals surface area contributed by atoms with Gasteiger partial charge in [0.25, 0.3) is 0 Å². The SMILES string of the molecule is CNC(CCC1CCCO1)Cc1ccc(C(C)C)cc1. The van der Waals surface area contributed by atoms with E-state index in [9.17, 15) is 0 Å². The highest BCUT2D eigenvalue weighted by Crippen LogP contribution is 2.20. The smallest absolute Gasteiger partial charge is 0.0576 e. The van der Waals surface area contributed by atoms with Gasteiger partial charge in [-0.2, -0.15) is 0 Å². The summed E-state index contributed by atoms with van der Waals surface area (Å²) in [6.45, 7) is 5.45. The zero-order valence-electron chi connectivity index (χ0n) is 13.2. The monoisotopic (exact) mass is 275 g/mol. The average molecular weight is 275 g/mol. The molecule has 0 spiro atoms. The van der Waals surface area contributed by atoms with Crippen molar-refractivity contribution in [3.63, 3.8) is 0 Å². The molecule has 1 N–H and O–H groups in total. The van der Waals surface area contributed by atoms with Crippen LogP contribution in [0.1, 0.15) is 56.6 Å². The fourth-order valence-electron chi connectivity index (χ4n) is 2.93. The molecule has 0 amide bonds. The van der Waals surface area contributed by atoms with Crippen LogP contribution in [-0.2, 0) is 11.2 Å². The second-order valence-electron chi connectivity index (χ2n) is 6.30. The molecule has 2 rings (SSSR count). The van der Waals surface area contributed by atoms with Gasteiger partial charge in [0.05, 0.1) is 6.10 Å². The van der Waals surface area contributed by atoms with Crippen LogP contribution in [0.2, 0.25) is 0 Å². The highest BCUT2D eigenvalue weighted by molar-refractivity contribution is 5.25. The molecule has 20 heavy (non-hydrogen) atoms. The van der Waals surface area contributed by atoms with Crippen molar-refractivity contribution in [1.29, 1.82) is 0 Å². The van der Waals surface area contributed by atoms with Crippen LogP contribution in [0.4, 0.5) is 0 Å². The van der Waals surface area contributed by atoms with Gasteiger partial charge in [0.15, 0.2) is 0 Å². The van der Waals surface area contributed by atoms with Gasteiger partial charge in [-0.15, -0.1) is 0 Å². The van der Waals surface area contributed by atoms with Gasteiger partial charge in [0.1, 0.15) is 0 Å². The summed E-state index contributed by atoms with van der Waals surface area (Å²) in [5.74, 6) is 0.615. The van der Waals surface area contributed by atoms with Crippen molar-refractivity contribution in [3.8, 4) is 0 Å². The topological polar surface area (TPSA) is 21.3 Å². The molecule has 0 radical (unpaired) electrons. The lowest BCUT2D eigenvalue weighted by atomic mass is 9.96. The molecule has 1 aliphatic heterocycles. The minimum Gasteiger partial charge on any atom is -0.378 e. The fourth-order valence-corrected chi connectivity index (χ4v) is 2.93. The molecule has 2 unspecified atom stereocenters. The Morgan fingerprint density at radius 1 is 1.25 bits per heavy atom. The molecule has 1 aromatic carbocycles. The average Bonchev–Trinajstić information content (AvgIpc) is 2.97. The summed E-state index contributed by atoms with van der Waals surface area (Å²) >= 11 is 0. The zero-order valence-corrected chi connectivity index (χ0v) is 13.2. The third-order valence-electron chi connectivity index (χ3n) is 4.40. The fraction of sp³-hybridized carbons (Fsp3) is 0.667. The van der Waals surface area contributed by atoms with Crippen LogP contribution >= 0.6 is 0 Å². The largest absolute Gasteiger partial charge is 0.378 e. The Morgan fingerprint density at radius 3 is 2.55 bits per heavy atom. The molecule has 1 aromatic rings. The third kappa shape index (κ3) is 4.60. The van der Waals surface area contributed by atoms with E-state index in [4.69, 9.17) is 4.74 Å². The molecule has 0 aromatic heterocycles. The van der Waals surface area contributed by atoms with Crippen LogP contribution in [0.5, 0.6) is 0 Å². The molecular formula is C18H29NO. The Hall–Kier alpha value is -0.860. The van der Waals surface area contributed by atoms with Crippen molar-refractivity contribution in [2.24, 2.45) is 0 Å². The first-order valence-corrected chi connectivity index (χ1v) is 8.06. The van der Waals surface area contributed by atoms with E-state index < -0.39 is 0 Å². The molecule has 0 aliphatic carbocycles. The highest BCUT2D eigenvalue weighted by Gasteiger charge is 2.17. The van der Waals surface area contributed by atoms with E-state index in [1.165, 1.54) is 36.8 Å². The Morgan fingerprint density at radius 2 is 2.00 bits per heavy atom. The van der Waals surface area contributed by atoms with E-state index in [0.29, 0.717) is 18.1 Å². The van der Waals surface area contributed by atoms with Gasteiger partial charge < -0.3 is 10.1 Å². The summed E-state index contributed by atoms with van der Waals surface area (Å²) in [4.78, 5) is 0. The van der Waals surface area contributed by atoms with E-state index in [1.54, 1.807) is 0 Å². The summed E-state index contributed by atoms with van der Waals surface area (Å²) < 4.78 is 5.71. The van der Waals surface area contributed by atoms with Crippen molar-refractivity contribution in [3.05, 3.63) is 35.4 Å². The van der Waals surface area contributed by atoms with Gasteiger partial charge in [-0.25, -0.2) is 0 Å². The minimum atomic E-state index is 0.508. The van der Waals surface area contributed by atoms with Gasteiger partial charge in [-0.05, 0) is 56.2 Å². The van der Waals surface area contributed by atoms with Crippen LogP contribution in [0, 0.1) is 0 Å². The lowest BCUT2D eigenvalue weighted by molar-refractivity contribution is 0.0998. The second-order valence-corrected chi connectivity index (χ2v) is 6.30. The first-order chi connectivity index (χ1) is 9.69. The molecule has 2 heteroatoms. The maximum absolute atomic E-state index is 5.71. The van der Waals surface area contributed by atoms with Crippen LogP contribution in [-0.4, -0.2) is 25.8 Å². The van der Waals surface area contributed by atoms with Crippen molar-refractivity contribution < 1.29 is 4.74 Å².